The lowest BCUT2D eigenvalue weighted by Gasteiger charge is -2.18. The predicted molar refractivity (Wildman–Crippen MR) is 66.9 cm³/mol. The largest absolute Gasteiger partial charge is 0.416 e. The van der Waals surface area contributed by atoms with E-state index in [0.717, 1.165) is 31.4 Å². The summed E-state index contributed by atoms with van der Waals surface area (Å²) in [6, 6.07) is 1.93. The fourth-order valence-corrected chi connectivity index (χ4v) is 1.88. The average Bonchev–Trinajstić information content (AvgIpc) is 2.26. The molecule has 1 atom stereocenters. The van der Waals surface area contributed by atoms with Gasteiger partial charge in [0.2, 0.25) is 0 Å². The van der Waals surface area contributed by atoms with Crippen molar-refractivity contribution in [2.24, 2.45) is 0 Å². The summed E-state index contributed by atoms with van der Waals surface area (Å²) < 4.78 is 37.8. The van der Waals surface area contributed by atoms with E-state index in [0.29, 0.717) is 0 Å². The quantitative estimate of drug-likeness (QED) is 0.788. The van der Waals surface area contributed by atoms with Crippen LogP contribution in [0.4, 0.5) is 19.0 Å². The molecule has 0 fully saturated rings. The number of pyridine rings is 1. The third-order valence-corrected chi connectivity index (χ3v) is 2.80. The van der Waals surface area contributed by atoms with Gasteiger partial charge in [-0.1, -0.05) is 31.9 Å². The summed E-state index contributed by atoms with van der Waals surface area (Å²) in [5.74, 6) is 0.176. The monoisotopic (exact) mass is 280 g/mol. The molecule has 0 radical (unpaired) electrons. The zero-order valence-electron chi connectivity index (χ0n) is 10.3. The molecule has 2 nitrogen and oxygen atoms in total. The minimum atomic E-state index is -4.41. The molecule has 0 aliphatic rings. The Balaban J connectivity index is 2.92. The van der Waals surface area contributed by atoms with Crippen molar-refractivity contribution in [2.45, 2.75) is 45.3 Å². The average molecular weight is 281 g/mol. The maximum atomic E-state index is 12.6. The molecule has 0 aromatic carbocycles. The molecule has 0 saturated carbocycles. The number of hydrogen-bond donors (Lipinski definition) is 1. The van der Waals surface area contributed by atoms with Crippen molar-refractivity contribution in [3.63, 3.8) is 0 Å². The number of nitrogens with zero attached hydrogens (tertiary/aromatic N) is 1. The van der Waals surface area contributed by atoms with Gasteiger partial charge in [0.1, 0.15) is 11.0 Å². The Morgan fingerprint density at radius 2 is 2.00 bits per heavy atom. The lowest BCUT2D eigenvalue weighted by Crippen LogP contribution is -2.19. The van der Waals surface area contributed by atoms with Crippen LogP contribution in [-0.2, 0) is 6.18 Å². The molecule has 1 N–H and O–H groups in total. The predicted octanol–water partition coefficient (Wildman–Crippen LogP) is 4.74. The minimum absolute atomic E-state index is 0.113. The number of nitrogens with one attached hydrogen (secondary N) is 1. The molecule has 0 aliphatic heterocycles. The van der Waals surface area contributed by atoms with Crippen LogP contribution >= 0.6 is 11.6 Å². The molecule has 0 aliphatic carbocycles. The van der Waals surface area contributed by atoms with Crippen LogP contribution in [0.3, 0.4) is 0 Å². The van der Waals surface area contributed by atoms with Crippen LogP contribution in [0.25, 0.3) is 0 Å². The zero-order chi connectivity index (χ0) is 13.8. The molecule has 0 saturated heterocycles. The van der Waals surface area contributed by atoms with Crippen LogP contribution in [0, 0.1) is 0 Å². The molecule has 1 unspecified atom stereocenters. The molecule has 1 aromatic rings. The number of halogens is 4. The first kappa shape index (κ1) is 15.1. The van der Waals surface area contributed by atoms with Gasteiger partial charge >= 0.3 is 6.18 Å². The van der Waals surface area contributed by atoms with Crippen LogP contribution in [0.1, 0.15) is 38.7 Å². The van der Waals surface area contributed by atoms with Crippen molar-refractivity contribution in [3.8, 4) is 0 Å². The topological polar surface area (TPSA) is 24.9 Å². The van der Waals surface area contributed by atoms with Gasteiger partial charge in [-0.15, -0.1) is 0 Å². The van der Waals surface area contributed by atoms with Crippen molar-refractivity contribution in [1.82, 2.24) is 4.98 Å². The highest BCUT2D eigenvalue weighted by molar-refractivity contribution is 6.29. The van der Waals surface area contributed by atoms with E-state index >= 15 is 0 Å². The van der Waals surface area contributed by atoms with Gasteiger partial charge in [-0.2, -0.15) is 13.2 Å². The summed E-state index contributed by atoms with van der Waals surface area (Å²) in [7, 11) is 0. The molecule has 0 spiro atoms. The minimum Gasteiger partial charge on any atom is -0.367 e. The van der Waals surface area contributed by atoms with Gasteiger partial charge in [0, 0.05) is 6.04 Å². The third kappa shape index (κ3) is 4.37. The zero-order valence-corrected chi connectivity index (χ0v) is 11.1. The van der Waals surface area contributed by atoms with Crippen LogP contribution in [0.2, 0.25) is 5.15 Å². The van der Waals surface area contributed by atoms with E-state index in [4.69, 9.17) is 11.6 Å². The molecular formula is C12H16ClF3N2. The number of alkyl halides is 3. The Morgan fingerprint density at radius 3 is 2.50 bits per heavy atom. The first-order chi connectivity index (χ1) is 8.36. The maximum absolute atomic E-state index is 12.6. The van der Waals surface area contributed by atoms with E-state index < -0.39 is 11.7 Å². The van der Waals surface area contributed by atoms with E-state index in [1.165, 1.54) is 0 Å². The van der Waals surface area contributed by atoms with Gasteiger partial charge in [0.25, 0.3) is 0 Å². The Hall–Kier alpha value is -0.970. The van der Waals surface area contributed by atoms with Crippen molar-refractivity contribution in [2.75, 3.05) is 5.32 Å². The summed E-state index contributed by atoms with van der Waals surface area (Å²) >= 11 is 5.61. The Labute approximate surface area is 110 Å². The SMILES string of the molecule is CCCC(CC)Nc1cc(C(F)(F)F)cc(Cl)n1. The number of rotatable bonds is 5. The van der Waals surface area contributed by atoms with Crippen LogP contribution < -0.4 is 5.32 Å². The van der Waals surface area contributed by atoms with E-state index in [1.807, 2.05) is 13.8 Å². The molecule has 1 aromatic heterocycles. The highest BCUT2D eigenvalue weighted by atomic mass is 35.5. The highest BCUT2D eigenvalue weighted by Gasteiger charge is 2.31. The Bertz CT molecular complexity index is 393. The lowest BCUT2D eigenvalue weighted by atomic mass is 10.1. The summed E-state index contributed by atoms with van der Waals surface area (Å²) in [6.45, 7) is 4.00. The Morgan fingerprint density at radius 1 is 1.33 bits per heavy atom. The highest BCUT2D eigenvalue weighted by Crippen LogP contribution is 2.32. The molecule has 1 heterocycles. The van der Waals surface area contributed by atoms with Gasteiger partial charge in [-0.3, -0.25) is 0 Å². The number of anilines is 1. The van der Waals surface area contributed by atoms with Crippen molar-refractivity contribution >= 4 is 17.4 Å². The van der Waals surface area contributed by atoms with Gasteiger partial charge < -0.3 is 5.32 Å². The van der Waals surface area contributed by atoms with Crippen molar-refractivity contribution in [3.05, 3.63) is 22.8 Å². The van der Waals surface area contributed by atoms with E-state index in [-0.39, 0.29) is 17.0 Å². The second kappa shape index (κ2) is 6.27. The second-order valence-corrected chi connectivity index (χ2v) is 4.49. The first-order valence-corrected chi connectivity index (χ1v) is 6.26. The summed E-state index contributed by atoms with van der Waals surface area (Å²) in [5, 5.41) is 2.83. The fraction of sp³-hybridized carbons (Fsp3) is 0.583. The molecule has 6 heteroatoms. The maximum Gasteiger partial charge on any atom is 0.416 e. The first-order valence-electron chi connectivity index (χ1n) is 5.88. The van der Waals surface area contributed by atoms with E-state index in [1.54, 1.807) is 0 Å². The summed E-state index contributed by atoms with van der Waals surface area (Å²) in [6.07, 6.45) is -1.75. The van der Waals surface area contributed by atoms with Gasteiger partial charge in [0.15, 0.2) is 0 Å². The van der Waals surface area contributed by atoms with Crippen LogP contribution in [0.5, 0.6) is 0 Å². The molecule has 0 amide bonds. The third-order valence-electron chi connectivity index (χ3n) is 2.60. The summed E-state index contributed by atoms with van der Waals surface area (Å²) in [5.41, 5.74) is -0.781. The standard InChI is InChI=1S/C12H16ClF3N2/c1-3-5-9(4-2)17-11-7-8(12(14,15)16)6-10(13)18-11/h6-7,9H,3-5H2,1-2H3,(H,17,18). The van der Waals surface area contributed by atoms with Gasteiger partial charge in [0.05, 0.1) is 5.56 Å². The summed E-state index contributed by atoms with van der Waals surface area (Å²) in [4.78, 5) is 3.87. The van der Waals surface area contributed by atoms with Crippen LogP contribution in [0.15, 0.2) is 12.1 Å². The van der Waals surface area contributed by atoms with E-state index in [2.05, 4.69) is 10.3 Å². The van der Waals surface area contributed by atoms with Crippen molar-refractivity contribution < 1.29 is 13.2 Å². The van der Waals surface area contributed by atoms with Crippen LogP contribution in [-0.4, -0.2) is 11.0 Å². The van der Waals surface area contributed by atoms with E-state index in [9.17, 15) is 13.2 Å². The van der Waals surface area contributed by atoms with Crippen molar-refractivity contribution in [1.29, 1.82) is 0 Å². The molecular weight excluding hydrogens is 265 g/mol. The lowest BCUT2D eigenvalue weighted by molar-refractivity contribution is -0.137. The normalized spacial score (nSPS) is 13.4. The number of hydrogen-bond acceptors (Lipinski definition) is 2. The molecule has 102 valence electrons. The van der Waals surface area contributed by atoms with Gasteiger partial charge in [-0.25, -0.2) is 4.98 Å². The van der Waals surface area contributed by atoms with Gasteiger partial charge in [-0.05, 0) is 25.0 Å². The smallest absolute Gasteiger partial charge is 0.367 e. The Kier molecular flexibility index (Phi) is 5.26. The number of aromatic nitrogens is 1. The second-order valence-electron chi connectivity index (χ2n) is 4.10. The molecule has 0 bridgehead atoms. The molecule has 18 heavy (non-hydrogen) atoms. The molecule has 1 rings (SSSR count). The fourth-order valence-electron chi connectivity index (χ4n) is 1.67.